The van der Waals surface area contributed by atoms with E-state index in [1.54, 1.807) is 24.2 Å². The Morgan fingerprint density at radius 1 is 1.17 bits per heavy atom. The molecular formula is C19H18F2N6OS. The van der Waals surface area contributed by atoms with Crippen LogP contribution in [0.25, 0.3) is 22.4 Å². The molecule has 0 radical (unpaired) electrons. The number of hydrogen-bond acceptors (Lipinski definition) is 7. The standard InChI is InChI=1S/C19H18F2N6OS/c1-3-29-27(16-6-4-5-15-14(16)10-23-26(15)2)11-13-8-7-12(9-22-13)18-24-25-19(28-18)17(20)21/h4-10,17H,3,11H2,1-2H3. The van der Waals surface area contributed by atoms with Gasteiger partial charge in [0.1, 0.15) is 0 Å². The van der Waals surface area contributed by atoms with Gasteiger partial charge in [0.2, 0.25) is 5.89 Å². The Bertz CT molecular complexity index is 1110. The normalized spacial score (nSPS) is 11.5. The van der Waals surface area contributed by atoms with Crippen molar-refractivity contribution < 1.29 is 13.2 Å². The molecule has 3 aromatic heterocycles. The lowest BCUT2D eigenvalue weighted by Gasteiger charge is -2.23. The molecule has 0 aliphatic carbocycles. The van der Waals surface area contributed by atoms with Gasteiger partial charge in [-0.25, -0.2) is 0 Å². The summed E-state index contributed by atoms with van der Waals surface area (Å²) in [7, 11) is 1.92. The maximum atomic E-state index is 12.6. The monoisotopic (exact) mass is 416 g/mol. The maximum absolute atomic E-state index is 12.6. The van der Waals surface area contributed by atoms with Crippen molar-refractivity contribution >= 4 is 28.5 Å². The van der Waals surface area contributed by atoms with Gasteiger partial charge in [-0.05, 0) is 36.2 Å². The molecule has 0 amide bonds. The number of fused-ring (bicyclic) bond motifs is 1. The molecule has 1 aromatic carbocycles. The summed E-state index contributed by atoms with van der Waals surface area (Å²) in [6.45, 7) is 2.66. The molecule has 0 fully saturated rings. The molecule has 0 saturated carbocycles. The topological polar surface area (TPSA) is 72.9 Å². The van der Waals surface area contributed by atoms with Gasteiger partial charge in [0, 0.05) is 24.4 Å². The van der Waals surface area contributed by atoms with Gasteiger partial charge in [-0.3, -0.25) is 9.67 Å². The molecule has 10 heteroatoms. The van der Waals surface area contributed by atoms with E-state index in [1.165, 1.54) is 0 Å². The minimum atomic E-state index is -2.79. The molecular weight excluding hydrogens is 398 g/mol. The Kier molecular flexibility index (Phi) is 5.43. The van der Waals surface area contributed by atoms with Crippen LogP contribution in [-0.2, 0) is 13.6 Å². The number of rotatable bonds is 7. The van der Waals surface area contributed by atoms with E-state index in [9.17, 15) is 8.78 Å². The third kappa shape index (κ3) is 3.93. The van der Waals surface area contributed by atoms with Gasteiger partial charge in [-0.2, -0.15) is 13.9 Å². The van der Waals surface area contributed by atoms with Crippen LogP contribution in [0.4, 0.5) is 14.5 Å². The molecule has 29 heavy (non-hydrogen) atoms. The van der Waals surface area contributed by atoms with Crippen LogP contribution in [-0.4, -0.2) is 30.7 Å². The second-order valence-electron chi connectivity index (χ2n) is 6.22. The van der Waals surface area contributed by atoms with E-state index in [2.05, 4.69) is 37.6 Å². The Labute approximate surface area is 169 Å². The zero-order valence-corrected chi connectivity index (χ0v) is 16.6. The smallest absolute Gasteiger partial charge is 0.314 e. The number of pyridine rings is 1. The van der Waals surface area contributed by atoms with Crippen molar-refractivity contribution in [1.82, 2.24) is 25.0 Å². The van der Waals surface area contributed by atoms with Crippen molar-refractivity contribution in [3.8, 4) is 11.5 Å². The summed E-state index contributed by atoms with van der Waals surface area (Å²) in [5.74, 6) is 0.228. The lowest BCUT2D eigenvalue weighted by Crippen LogP contribution is -2.15. The summed E-state index contributed by atoms with van der Waals surface area (Å²) >= 11 is 1.69. The van der Waals surface area contributed by atoms with Crippen LogP contribution < -0.4 is 4.31 Å². The van der Waals surface area contributed by atoms with Gasteiger partial charge >= 0.3 is 6.43 Å². The second-order valence-corrected chi connectivity index (χ2v) is 7.49. The van der Waals surface area contributed by atoms with Gasteiger partial charge in [0.15, 0.2) is 0 Å². The predicted octanol–water partition coefficient (Wildman–Crippen LogP) is 4.63. The first-order valence-corrected chi connectivity index (χ1v) is 9.89. The number of anilines is 1. The number of nitrogens with zero attached hydrogens (tertiary/aromatic N) is 6. The minimum Gasteiger partial charge on any atom is -0.415 e. The fraction of sp³-hybridized carbons (Fsp3) is 0.263. The van der Waals surface area contributed by atoms with Gasteiger partial charge in [-0.1, -0.05) is 13.0 Å². The maximum Gasteiger partial charge on any atom is 0.314 e. The lowest BCUT2D eigenvalue weighted by atomic mass is 10.2. The van der Waals surface area contributed by atoms with Crippen LogP contribution >= 0.6 is 11.9 Å². The van der Waals surface area contributed by atoms with E-state index in [0.29, 0.717) is 12.1 Å². The highest BCUT2D eigenvalue weighted by molar-refractivity contribution is 8.00. The van der Waals surface area contributed by atoms with Gasteiger partial charge < -0.3 is 8.72 Å². The van der Waals surface area contributed by atoms with Crippen LogP contribution in [0.2, 0.25) is 0 Å². The number of hydrogen-bond donors (Lipinski definition) is 0. The fourth-order valence-electron chi connectivity index (χ4n) is 2.97. The zero-order valence-electron chi connectivity index (χ0n) is 15.8. The first-order valence-electron chi connectivity index (χ1n) is 8.95. The van der Waals surface area contributed by atoms with Gasteiger partial charge in [-0.15, -0.1) is 10.2 Å². The lowest BCUT2D eigenvalue weighted by molar-refractivity contribution is 0.116. The molecule has 7 nitrogen and oxygen atoms in total. The molecule has 3 heterocycles. The summed E-state index contributed by atoms with van der Waals surface area (Å²) in [5, 5.41) is 12.4. The van der Waals surface area contributed by atoms with Crippen LogP contribution in [0, 0.1) is 0 Å². The molecule has 4 aromatic rings. The third-order valence-electron chi connectivity index (χ3n) is 4.33. The molecule has 4 rings (SSSR count). The van der Waals surface area contributed by atoms with Crippen LogP contribution in [0.5, 0.6) is 0 Å². The van der Waals surface area contributed by atoms with E-state index in [0.717, 1.165) is 28.0 Å². The quantitative estimate of drug-likeness (QED) is 0.407. The first-order chi connectivity index (χ1) is 14.1. The molecule has 0 unspecified atom stereocenters. The van der Waals surface area contributed by atoms with E-state index in [4.69, 9.17) is 4.42 Å². The summed E-state index contributed by atoms with van der Waals surface area (Å²) in [4.78, 5) is 4.45. The summed E-state index contributed by atoms with van der Waals surface area (Å²) in [5.41, 5.74) is 3.44. The van der Waals surface area contributed by atoms with E-state index in [1.807, 2.05) is 36.1 Å². The number of alkyl halides is 2. The molecule has 0 N–H and O–H groups in total. The molecule has 0 saturated heterocycles. The summed E-state index contributed by atoms with van der Waals surface area (Å²) in [6, 6.07) is 9.67. The van der Waals surface area contributed by atoms with Crippen molar-refractivity contribution in [2.24, 2.45) is 7.05 Å². The molecule has 0 bridgehead atoms. The van der Waals surface area contributed by atoms with Crippen LogP contribution in [0.1, 0.15) is 24.9 Å². The summed E-state index contributed by atoms with van der Waals surface area (Å²) < 4.78 is 34.2. The summed E-state index contributed by atoms with van der Waals surface area (Å²) in [6.07, 6.45) is 0.622. The Morgan fingerprint density at radius 3 is 2.72 bits per heavy atom. The number of aromatic nitrogens is 5. The predicted molar refractivity (Wildman–Crippen MR) is 108 cm³/mol. The Balaban J connectivity index is 1.58. The number of aryl methyl sites for hydroxylation is 1. The fourth-order valence-corrected chi connectivity index (χ4v) is 3.80. The molecule has 0 aliphatic rings. The van der Waals surface area contributed by atoms with Gasteiger partial charge in [0.05, 0.1) is 35.2 Å². The minimum absolute atomic E-state index is 0.0271. The molecule has 0 atom stereocenters. The SMILES string of the molecule is CCSN(Cc1ccc(-c2nnc(C(F)F)o2)cn1)c1cccc2c1cnn2C. The zero-order chi connectivity index (χ0) is 20.4. The number of halogens is 2. The van der Waals surface area contributed by atoms with Crippen molar-refractivity contribution in [2.75, 3.05) is 10.1 Å². The van der Waals surface area contributed by atoms with Crippen molar-refractivity contribution in [2.45, 2.75) is 19.9 Å². The van der Waals surface area contributed by atoms with Crippen LogP contribution in [0.3, 0.4) is 0 Å². The van der Waals surface area contributed by atoms with Crippen molar-refractivity contribution in [1.29, 1.82) is 0 Å². The average Bonchev–Trinajstić information content (AvgIpc) is 3.36. The highest BCUT2D eigenvalue weighted by Crippen LogP contribution is 2.32. The molecule has 0 spiro atoms. The van der Waals surface area contributed by atoms with E-state index >= 15 is 0 Å². The van der Waals surface area contributed by atoms with E-state index in [-0.39, 0.29) is 5.89 Å². The van der Waals surface area contributed by atoms with Crippen LogP contribution in [0.15, 0.2) is 47.1 Å². The average molecular weight is 416 g/mol. The second kappa shape index (κ2) is 8.16. The first kappa shape index (κ1) is 19.3. The van der Waals surface area contributed by atoms with Crippen molar-refractivity contribution in [3.63, 3.8) is 0 Å². The van der Waals surface area contributed by atoms with E-state index < -0.39 is 12.3 Å². The van der Waals surface area contributed by atoms with Crippen molar-refractivity contribution in [3.05, 3.63) is 54.3 Å². The number of benzene rings is 1. The Morgan fingerprint density at radius 2 is 2.03 bits per heavy atom. The molecule has 150 valence electrons. The highest BCUT2D eigenvalue weighted by Gasteiger charge is 2.18. The van der Waals surface area contributed by atoms with Gasteiger partial charge in [0.25, 0.3) is 5.89 Å². The Hall–Kier alpha value is -3.01. The molecule has 0 aliphatic heterocycles. The third-order valence-corrected chi connectivity index (χ3v) is 5.22. The highest BCUT2D eigenvalue weighted by atomic mass is 32.2. The largest absolute Gasteiger partial charge is 0.415 e.